The second kappa shape index (κ2) is 7.68. The lowest BCUT2D eigenvalue weighted by atomic mass is 9.86. The normalized spacial score (nSPS) is 17.1. The number of ether oxygens (including phenoxy) is 1. The molecule has 1 aromatic carbocycles. The summed E-state index contributed by atoms with van der Waals surface area (Å²) in [6.07, 6.45) is 7.46. The predicted octanol–water partition coefficient (Wildman–Crippen LogP) is 4.49. The number of fused-ring (bicyclic) bond motifs is 1. The Balaban J connectivity index is 2.17. The second-order valence-corrected chi connectivity index (χ2v) is 5.90. The van der Waals surface area contributed by atoms with Crippen LogP contribution >= 0.6 is 0 Å². The number of nitrogens with one attached hydrogen (secondary N) is 1. The van der Waals surface area contributed by atoms with Gasteiger partial charge in [-0.1, -0.05) is 45.2 Å². The molecule has 0 amide bonds. The molecule has 1 aromatic rings. The van der Waals surface area contributed by atoms with Gasteiger partial charge in [-0.05, 0) is 49.4 Å². The van der Waals surface area contributed by atoms with Gasteiger partial charge >= 0.3 is 0 Å². The minimum Gasteiger partial charge on any atom is -0.493 e. The summed E-state index contributed by atoms with van der Waals surface area (Å²) in [5.74, 6) is 1.82. The van der Waals surface area contributed by atoms with Gasteiger partial charge in [-0.2, -0.15) is 0 Å². The zero-order valence-corrected chi connectivity index (χ0v) is 13.2. The van der Waals surface area contributed by atoms with Crippen molar-refractivity contribution in [2.75, 3.05) is 13.7 Å². The van der Waals surface area contributed by atoms with Gasteiger partial charge in [0.05, 0.1) is 6.61 Å². The van der Waals surface area contributed by atoms with E-state index in [9.17, 15) is 0 Å². The molecule has 20 heavy (non-hydrogen) atoms. The summed E-state index contributed by atoms with van der Waals surface area (Å²) in [6.45, 7) is 5.46. The summed E-state index contributed by atoms with van der Waals surface area (Å²) in [7, 11) is 2.09. The molecule has 2 unspecified atom stereocenters. The van der Waals surface area contributed by atoms with Crippen LogP contribution in [0.2, 0.25) is 0 Å². The van der Waals surface area contributed by atoms with E-state index in [1.54, 1.807) is 0 Å². The first-order valence-electron chi connectivity index (χ1n) is 8.23. The summed E-state index contributed by atoms with van der Waals surface area (Å²) in [5, 5.41) is 3.54. The van der Waals surface area contributed by atoms with E-state index >= 15 is 0 Å². The quantitative estimate of drug-likeness (QED) is 0.791. The van der Waals surface area contributed by atoms with Crippen LogP contribution in [0.5, 0.6) is 5.75 Å². The van der Waals surface area contributed by atoms with Gasteiger partial charge in [-0.15, -0.1) is 0 Å². The van der Waals surface area contributed by atoms with E-state index in [2.05, 4.69) is 44.4 Å². The Morgan fingerprint density at radius 3 is 2.85 bits per heavy atom. The maximum atomic E-state index is 5.72. The fourth-order valence-electron chi connectivity index (χ4n) is 3.32. The van der Waals surface area contributed by atoms with E-state index in [0.29, 0.717) is 6.04 Å². The van der Waals surface area contributed by atoms with Crippen LogP contribution in [0.25, 0.3) is 0 Å². The van der Waals surface area contributed by atoms with E-state index in [1.165, 1.54) is 36.8 Å². The molecule has 112 valence electrons. The Morgan fingerprint density at radius 1 is 1.30 bits per heavy atom. The van der Waals surface area contributed by atoms with Crippen LogP contribution in [-0.4, -0.2) is 13.7 Å². The Hall–Kier alpha value is -1.02. The van der Waals surface area contributed by atoms with E-state index < -0.39 is 0 Å². The van der Waals surface area contributed by atoms with Crippen molar-refractivity contribution in [3.05, 3.63) is 29.3 Å². The Kier molecular flexibility index (Phi) is 5.90. The molecule has 2 rings (SSSR count). The monoisotopic (exact) mass is 275 g/mol. The summed E-state index contributed by atoms with van der Waals surface area (Å²) >= 11 is 0. The molecule has 1 heterocycles. The predicted molar refractivity (Wildman–Crippen MR) is 85.4 cm³/mol. The molecule has 0 saturated heterocycles. The third-order valence-corrected chi connectivity index (χ3v) is 4.53. The average Bonchev–Trinajstić information content (AvgIpc) is 2.51. The van der Waals surface area contributed by atoms with Crippen molar-refractivity contribution < 1.29 is 4.74 Å². The van der Waals surface area contributed by atoms with Crippen LogP contribution in [0.3, 0.4) is 0 Å². The topological polar surface area (TPSA) is 21.3 Å². The third kappa shape index (κ3) is 3.54. The molecule has 0 radical (unpaired) electrons. The van der Waals surface area contributed by atoms with E-state index in [0.717, 1.165) is 31.1 Å². The molecule has 1 aliphatic heterocycles. The SMILES string of the molecule is CCCCC(CC)C(NC)c1ccc2c(c1)CCCO2. The first-order valence-corrected chi connectivity index (χ1v) is 8.23. The van der Waals surface area contributed by atoms with Crippen LogP contribution in [-0.2, 0) is 6.42 Å². The number of rotatable bonds is 7. The molecule has 1 N–H and O–H groups in total. The summed E-state index contributed by atoms with van der Waals surface area (Å²) in [6, 6.07) is 7.25. The van der Waals surface area contributed by atoms with Gasteiger partial charge in [-0.25, -0.2) is 0 Å². The standard InChI is InChI=1S/C18H29NO/c1-4-6-8-14(5-2)18(19-3)16-10-11-17-15(13-16)9-7-12-20-17/h10-11,13-14,18-19H,4-9,12H2,1-3H3. The Morgan fingerprint density at radius 2 is 2.15 bits per heavy atom. The molecule has 0 aliphatic carbocycles. The highest BCUT2D eigenvalue weighted by Crippen LogP contribution is 2.33. The molecular weight excluding hydrogens is 246 g/mol. The molecule has 0 bridgehead atoms. The Labute approximate surface area is 123 Å². The highest BCUT2D eigenvalue weighted by Gasteiger charge is 2.21. The van der Waals surface area contributed by atoms with Crippen molar-refractivity contribution in [2.24, 2.45) is 5.92 Å². The van der Waals surface area contributed by atoms with Crippen LogP contribution in [0.1, 0.15) is 63.1 Å². The smallest absolute Gasteiger partial charge is 0.122 e. The van der Waals surface area contributed by atoms with E-state index in [1.807, 2.05) is 0 Å². The second-order valence-electron chi connectivity index (χ2n) is 5.90. The number of hydrogen-bond donors (Lipinski definition) is 1. The Bertz CT molecular complexity index is 416. The molecule has 0 spiro atoms. The highest BCUT2D eigenvalue weighted by atomic mass is 16.5. The molecule has 1 aliphatic rings. The van der Waals surface area contributed by atoms with Crippen molar-refractivity contribution >= 4 is 0 Å². The number of benzene rings is 1. The van der Waals surface area contributed by atoms with Crippen LogP contribution in [0.4, 0.5) is 0 Å². The van der Waals surface area contributed by atoms with E-state index in [-0.39, 0.29) is 0 Å². The molecule has 0 saturated carbocycles. The number of aryl methyl sites for hydroxylation is 1. The van der Waals surface area contributed by atoms with Crippen LogP contribution in [0.15, 0.2) is 18.2 Å². The van der Waals surface area contributed by atoms with Gasteiger partial charge in [0.25, 0.3) is 0 Å². The summed E-state index contributed by atoms with van der Waals surface area (Å²) in [4.78, 5) is 0. The van der Waals surface area contributed by atoms with Gasteiger partial charge in [-0.3, -0.25) is 0 Å². The van der Waals surface area contributed by atoms with E-state index in [4.69, 9.17) is 4.74 Å². The lowest BCUT2D eigenvalue weighted by Crippen LogP contribution is -2.25. The molecule has 2 nitrogen and oxygen atoms in total. The van der Waals surface area contributed by atoms with Gasteiger partial charge in [0, 0.05) is 6.04 Å². The van der Waals surface area contributed by atoms with Crippen LogP contribution in [0, 0.1) is 5.92 Å². The number of hydrogen-bond acceptors (Lipinski definition) is 2. The first-order chi connectivity index (χ1) is 9.80. The lowest BCUT2D eigenvalue weighted by molar-refractivity contribution is 0.287. The summed E-state index contributed by atoms with van der Waals surface area (Å²) in [5.41, 5.74) is 2.82. The van der Waals surface area contributed by atoms with Crippen molar-refractivity contribution in [1.29, 1.82) is 0 Å². The van der Waals surface area contributed by atoms with Gasteiger partial charge in [0.15, 0.2) is 0 Å². The lowest BCUT2D eigenvalue weighted by Gasteiger charge is -2.28. The average molecular weight is 275 g/mol. The van der Waals surface area contributed by atoms with Gasteiger partial charge < -0.3 is 10.1 Å². The zero-order valence-electron chi connectivity index (χ0n) is 13.2. The first kappa shape index (κ1) is 15.4. The summed E-state index contributed by atoms with van der Waals surface area (Å²) < 4.78 is 5.72. The minimum absolute atomic E-state index is 0.471. The minimum atomic E-state index is 0.471. The van der Waals surface area contributed by atoms with Crippen molar-refractivity contribution in [3.63, 3.8) is 0 Å². The molecule has 2 heteroatoms. The molecular formula is C18H29NO. The van der Waals surface area contributed by atoms with Crippen LogP contribution < -0.4 is 10.1 Å². The van der Waals surface area contributed by atoms with Gasteiger partial charge in [0.2, 0.25) is 0 Å². The maximum absolute atomic E-state index is 5.72. The maximum Gasteiger partial charge on any atom is 0.122 e. The van der Waals surface area contributed by atoms with Crippen molar-refractivity contribution in [2.45, 2.75) is 58.4 Å². The molecule has 0 fully saturated rings. The molecule has 0 aromatic heterocycles. The fourth-order valence-corrected chi connectivity index (χ4v) is 3.32. The largest absolute Gasteiger partial charge is 0.493 e. The van der Waals surface area contributed by atoms with Gasteiger partial charge in [0.1, 0.15) is 5.75 Å². The third-order valence-electron chi connectivity index (χ3n) is 4.53. The number of unbranched alkanes of at least 4 members (excludes halogenated alkanes) is 1. The van der Waals surface area contributed by atoms with Crippen molar-refractivity contribution in [1.82, 2.24) is 5.32 Å². The molecule has 2 atom stereocenters. The van der Waals surface area contributed by atoms with Crippen molar-refractivity contribution in [3.8, 4) is 5.75 Å². The highest BCUT2D eigenvalue weighted by molar-refractivity contribution is 5.39. The fraction of sp³-hybridized carbons (Fsp3) is 0.667. The zero-order chi connectivity index (χ0) is 14.4.